The third kappa shape index (κ3) is 4.63. The molecule has 1 amide bonds. The molecule has 2 aromatic rings. The Morgan fingerprint density at radius 2 is 2.04 bits per heavy atom. The van der Waals surface area contributed by atoms with Gasteiger partial charge in [0.05, 0.1) is 28.5 Å². The van der Waals surface area contributed by atoms with Crippen molar-refractivity contribution in [3.63, 3.8) is 0 Å². The smallest absolute Gasteiger partial charge is 0.269 e. The number of carbonyl (C=O) groups excluding carboxylic acids is 1. The van der Waals surface area contributed by atoms with Crippen LogP contribution in [0.25, 0.3) is 5.69 Å². The zero-order valence-corrected chi connectivity index (χ0v) is 13.5. The molecule has 0 aliphatic rings. The molecule has 0 radical (unpaired) electrons. The van der Waals surface area contributed by atoms with E-state index in [4.69, 9.17) is 0 Å². The number of hydrogen-bond acceptors (Lipinski definition) is 5. The fraction of sp³-hybridized carbons (Fsp3) is 0.375. The number of carbonyl (C=O) groups is 1. The maximum atomic E-state index is 12.1. The molecule has 1 unspecified atom stereocenters. The third-order valence-electron chi connectivity index (χ3n) is 3.41. The average molecular weight is 332 g/mol. The zero-order chi connectivity index (χ0) is 17.7. The van der Waals surface area contributed by atoms with Crippen LogP contribution in [-0.4, -0.2) is 38.4 Å². The summed E-state index contributed by atoms with van der Waals surface area (Å²) >= 11 is 0. The Balaban J connectivity index is 1.99. The van der Waals surface area contributed by atoms with Gasteiger partial charge in [0.2, 0.25) is 0 Å². The van der Waals surface area contributed by atoms with Gasteiger partial charge in [-0.05, 0) is 24.5 Å². The molecular weight excluding hydrogens is 312 g/mol. The number of aliphatic hydroxyl groups is 1. The van der Waals surface area contributed by atoms with E-state index < -0.39 is 11.0 Å². The lowest BCUT2D eigenvalue weighted by atomic mass is 10.1. The highest BCUT2D eigenvalue weighted by Gasteiger charge is 2.13. The lowest BCUT2D eigenvalue weighted by Crippen LogP contribution is -2.32. The molecule has 0 aliphatic heterocycles. The molecule has 1 aromatic carbocycles. The van der Waals surface area contributed by atoms with Crippen LogP contribution in [0.3, 0.4) is 0 Å². The Labute approximate surface area is 139 Å². The molecule has 128 valence electrons. The van der Waals surface area contributed by atoms with Crippen molar-refractivity contribution in [1.29, 1.82) is 0 Å². The van der Waals surface area contributed by atoms with Gasteiger partial charge in [0, 0.05) is 24.9 Å². The number of hydrogen-bond donors (Lipinski definition) is 2. The van der Waals surface area contributed by atoms with Gasteiger partial charge in [0.25, 0.3) is 11.6 Å². The molecule has 0 fully saturated rings. The van der Waals surface area contributed by atoms with Gasteiger partial charge in [-0.25, -0.2) is 4.68 Å². The summed E-state index contributed by atoms with van der Waals surface area (Å²) < 4.78 is 1.46. The number of non-ortho nitro benzene ring substituents is 1. The first-order valence-electron chi connectivity index (χ1n) is 7.62. The first kappa shape index (κ1) is 17.6. The predicted molar refractivity (Wildman–Crippen MR) is 88.0 cm³/mol. The van der Waals surface area contributed by atoms with E-state index in [1.165, 1.54) is 29.2 Å². The molecule has 0 saturated carbocycles. The maximum Gasteiger partial charge on any atom is 0.269 e. The largest absolute Gasteiger partial charge is 0.391 e. The van der Waals surface area contributed by atoms with Gasteiger partial charge in [-0.2, -0.15) is 5.10 Å². The minimum atomic E-state index is -0.585. The normalized spacial score (nSPS) is 12.2. The number of nitro benzene ring substituents is 1. The van der Waals surface area contributed by atoms with Crippen molar-refractivity contribution >= 4 is 11.6 Å². The molecule has 0 bridgehead atoms. The second-order valence-electron chi connectivity index (χ2n) is 5.94. The van der Waals surface area contributed by atoms with Crippen LogP contribution < -0.4 is 5.32 Å². The molecule has 0 aliphatic carbocycles. The highest BCUT2D eigenvalue weighted by atomic mass is 16.6. The first-order valence-corrected chi connectivity index (χ1v) is 7.62. The Kier molecular flexibility index (Phi) is 5.64. The Morgan fingerprint density at radius 1 is 1.38 bits per heavy atom. The van der Waals surface area contributed by atoms with Crippen molar-refractivity contribution in [3.8, 4) is 5.69 Å². The highest BCUT2D eigenvalue weighted by Crippen LogP contribution is 2.15. The summed E-state index contributed by atoms with van der Waals surface area (Å²) in [5, 5.41) is 27.2. The molecule has 1 atom stereocenters. The van der Waals surface area contributed by atoms with Crippen LogP contribution in [0.4, 0.5) is 5.69 Å². The molecule has 8 nitrogen and oxygen atoms in total. The molecule has 24 heavy (non-hydrogen) atoms. The minimum absolute atomic E-state index is 0.0111. The molecule has 1 heterocycles. The second-order valence-corrected chi connectivity index (χ2v) is 5.94. The van der Waals surface area contributed by atoms with Gasteiger partial charge in [-0.3, -0.25) is 14.9 Å². The van der Waals surface area contributed by atoms with Crippen LogP contribution in [0.1, 0.15) is 30.6 Å². The number of rotatable bonds is 7. The lowest BCUT2D eigenvalue weighted by molar-refractivity contribution is -0.384. The number of aliphatic hydroxyl groups excluding tert-OH is 1. The molecule has 8 heteroatoms. The van der Waals surface area contributed by atoms with Crippen LogP contribution in [-0.2, 0) is 0 Å². The number of aromatic nitrogens is 2. The van der Waals surface area contributed by atoms with E-state index in [-0.39, 0.29) is 18.1 Å². The minimum Gasteiger partial charge on any atom is -0.391 e. The quantitative estimate of drug-likeness (QED) is 0.594. The van der Waals surface area contributed by atoms with Crippen molar-refractivity contribution in [2.45, 2.75) is 26.4 Å². The van der Waals surface area contributed by atoms with Gasteiger partial charge in [0.1, 0.15) is 0 Å². The molecule has 1 aromatic heterocycles. The lowest BCUT2D eigenvalue weighted by Gasteiger charge is -2.13. The summed E-state index contributed by atoms with van der Waals surface area (Å²) in [6.45, 7) is 4.18. The fourth-order valence-electron chi connectivity index (χ4n) is 2.25. The fourth-order valence-corrected chi connectivity index (χ4v) is 2.25. The Bertz CT molecular complexity index is 709. The number of nitrogens with one attached hydrogen (secondary N) is 1. The topological polar surface area (TPSA) is 110 Å². The number of nitro groups is 1. The van der Waals surface area contributed by atoms with Gasteiger partial charge in [0.15, 0.2) is 0 Å². The van der Waals surface area contributed by atoms with Crippen LogP contribution in [0.5, 0.6) is 0 Å². The molecule has 0 saturated heterocycles. The van der Waals surface area contributed by atoms with Crippen molar-refractivity contribution < 1.29 is 14.8 Å². The van der Waals surface area contributed by atoms with E-state index in [2.05, 4.69) is 10.4 Å². The van der Waals surface area contributed by atoms with E-state index in [1.807, 2.05) is 13.8 Å². The summed E-state index contributed by atoms with van der Waals surface area (Å²) in [5.41, 5.74) is 0.951. The monoisotopic (exact) mass is 332 g/mol. The zero-order valence-electron chi connectivity index (χ0n) is 13.5. The van der Waals surface area contributed by atoms with E-state index >= 15 is 0 Å². The summed E-state index contributed by atoms with van der Waals surface area (Å²) in [7, 11) is 0. The summed E-state index contributed by atoms with van der Waals surface area (Å²) in [5.74, 6) is 0.0211. The first-order chi connectivity index (χ1) is 11.4. The Morgan fingerprint density at radius 3 is 2.62 bits per heavy atom. The van der Waals surface area contributed by atoms with E-state index in [9.17, 15) is 20.0 Å². The van der Waals surface area contributed by atoms with Gasteiger partial charge < -0.3 is 10.4 Å². The van der Waals surface area contributed by atoms with Crippen LogP contribution in [0.2, 0.25) is 0 Å². The molecular formula is C16H20N4O4. The van der Waals surface area contributed by atoms with Gasteiger partial charge in [-0.1, -0.05) is 13.8 Å². The van der Waals surface area contributed by atoms with Crippen LogP contribution in [0, 0.1) is 16.0 Å². The van der Waals surface area contributed by atoms with E-state index in [1.54, 1.807) is 12.1 Å². The van der Waals surface area contributed by atoms with Crippen molar-refractivity contribution in [1.82, 2.24) is 15.1 Å². The van der Waals surface area contributed by atoms with E-state index in [0.29, 0.717) is 23.6 Å². The number of nitrogens with zero attached hydrogens (tertiary/aromatic N) is 3. The standard InChI is InChI=1S/C16H20N4O4/c1-11(2)7-15(21)9-17-16(22)12-8-18-19(10-12)13-3-5-14(6-4-13)20(23)24/h3-6,8,10-11,15,21H,7,9H2,1-2H3,(H,17,22). The van der Waals surface area contributed by atoms with Crippen molar-refractivity contribution in [2.75, 3.05) is 6.54 Å². The van der Waals surface area contributed by atoms with Crippen LogP contribution in [0.15, 0.2) is 36.7 Å². The number of amides is 1. The average Bonchev–Trinajstić information content (AvgIpc) is 3.02. The number of benzene rings is 1. The Hall–Kier alpha value is -2.74. The predicted octanol–water partition coefficient (Wildman–Crippen LogP) is 1.92. The summed E-state index contributed by atoms with van der Waals surface area (Å²) in [4.78, 5) is 22.2. The third-order valence-corrected chi connectivity index (χ3v) is 3.41. The van der Waals surface area contributed by atoms with Gasteiger partial charge in [-0.15, -0.1) is 0 Å². The van der Waals surface area contributed by atoms with E-state index in [0.717, 1.165) is 0 Å². The second kappa shape index (κ2) is 7.69. The van der Waals surface area contributed by atoms with Gasteiger partial charge >= 0.3 is 0 Å². The summed E-state index contributed by atoms with van der Waals surface area (Å²) in [6.07, 6.45) is 2.97. The van der Waals surface area contributed by atoms with Crippen molar-refractivity contribution in [3.05, 3.63) is 52.3 Å². The highest BCUT2D eigenvalue weighted by molar-refractivity contribution is 5.93. The van der Waals surface area contributed by atoms with Crippen LogP contribution >= 0.6 is 0 Å². The molecule has 2 N–H and O–H groups in total. The van der Waals surface area contributed by atoms with Crippen molar-refractivity contribution in [2.24, 2.45) is 5.92 Å². The molecule has 2 rings (SSSR count). The summed E-state index contributed by atoms with van der Waals surface area (Å²) in [6, 6.07) is 5.86. The molecule has 0 spiro atoms. The maximum absolute atomic E-state index is 12.1. The SMILES string of the molecule is CC(C)CC(O)CNC(=O)c1cnn(-c2ccc([N+](=O)[O-])cc2)c1.